The van der Waals surface area contributed by atoms with Crippen LogP contribution in [0.1, 0.15) is 30.9 Å². The van der Waals surface area contributed by atoms with Crippen molar-refractivity contribution < 1.29 is 9.18 Å². The third kappa shape index (κ3) is 3.97. The fraction of sp³-hybridized carbons (Fsp3) is 0.292. The van der Waals surface area contributed by atoms with Crippen molar-refractivity contribution in [3.63, 3.8) is 0 Å². The van der Waals surface area contributed by atoms with E-state index in [4.69, 9.17) is 0 Å². The van der Waals surface area contributed by atoms with Crippen LogP contribution in [0.25, 0.3) is 10.9 Å². The Balaban J connectivity index is 1.48. The van der Waals surface area contributed by atoms with Crippen molar-refractivity contribution in [2.45, 2.75) is 26.2 Å². The molecule has 0 spiro atoms. The van der Waals surface area contributed by atoms with Gasteiger partial charge in [0, 0.05) is 36.3 Å². The van der Waals surface area contributed by atoms with Gasteiger partial charge in [0.15, 0.2) is 0 Å². The number of amides is 1. The van der Waals surface area contributed by atoms with E-state index in [2.05, 4.69) is 28.2 Å². The molecule has 1 amide bonds. The van der Waals surface area contributed by atoms with Gasteiger partial charge in [0.2, 0.25) is 5.91 Å². The summed E-state index contributed by atoms with van der Waals surface area (Å²) in [5, 5.41) is 13.2. The molecule has 6 heteroatoms. The standard InChI is InChI=1S/C24H23FN4O/c1-2-16-3-6-20(7-4-16)28-24(30)17-9-11-29(12-10-17)23-18(14-26)15-27-22-8-5-19(25)13-21(22)23/h3-8,13,15,17H,2,9-12H2,1H3,(H,28,30). The number of rotatable bonds is 4. The molecule has 0 bridgehead atoms. The fourth-order valence-corrected chi connectivity index (χ4v) is 4.01. The summed E-state index contributed by atoms with van der Waals surface area (Å²) in [5.74, 6) is -0.434. The summed E-state index contributed by atoms with van der Waals surface area (Å²) in [6.45, 7) is 3.34. The van der Waals surface area contributed by atoms with Gasteiger partial charge in [0.05, 0.1) is 16.8 Å². The van der Waals surface area contributed by atoms with Crippen molar-refractivity contribution in [2.24, 2.45) is 5.92 Å². The van der Waals surface area contributed by atoms with Crippen LogP contribution in [0.2, 0.25) is 0 Å². The first kappa shape index (κ1) is 19.8. The van der Waals surface area contributed by atoms with Gasteiger partial charge in [0.25, 0.3) is 0 Å². The Bertz CT molecular complexity index is 1110. The van der Waals surface area contributed by atoms with Gasteiger partial charge in [0.1, 0.15) is 11.9 Å². The van der Waals surface area contributed by atoms with E-state index in [9.17, 15) is 14.4 Å². The maximum absolute atomic E-state index is 13.9. The number of hydrogen-bond acceptors (Lipinski definition) is 4. The number of pyridine rings is 1. The maximum atomic E-state index is 13.9. The second kappa shape index (κ2) is 8.50. The monoisotopic (exact) mass is 402 g/mol. The lowest BCUT2D eigenvalue weighted by Crippen LogP contribution is -2.38. The number of aryl methyl sites for hydroxylation is 1. The second-order valence-corrected chi connectivity index (χ2v) is 7.59. The number of piperidine rings is 1. The van der Waals surface area contributed by atoms with Crippen molar-refractivity contribution in [3.8, 4) is 6.07 Å². The van der Waals surface area contributed by atoms with Crippen molar-refractivity contribution in [3.05, 3.63) is 65.6 Å². The number of nitriles is 1. The molecule has 1 aliphatic heterocycles. The number of carbonyl (C=O) groups is 1. The number of aromatic nitrogens is 1. The van der Waals surface area contributed by atoms with Gasteiger partial charge in [-0.15, -0.1) is 0 Å². The Kier molecular flexibility index (Phi) is 5.62. The molecule has 2 aromatic carbocycles. The Morgan fingerprint density at radius 2 is 1.97 bits per heavy atom. The topological polar surface area (TPSA) is 69.0 Å². The number of anilines is 2. The fourth-order valence-electron chi connectivity index (χ4n) is 4.01. The third-order valence-corrected chi connectivity index (χ3v) is 5.73. The summed E-state index contributed by atoms with van der Waals surface area (Å²) in [4.78, 5) is 19.0. The van der Waals surface area contributed by atoms with E-state index in [1.54, 1.807) is 6.07 Å². The molecule has 1 saturated heterocycles. The smallest absolute Gasteiger partial charge is 0.227 e. The highest BCUT2D eigenvalue weighted by Crippen LogP contribution is 2.33. The number of nitrogens with zero attached hydrogens (tertiary/aromatic N) is 3. The Morgan fingerprint density at radius 1 is 1.23 bits per heavy atom. The average molecular weight is 402 g/mol. The van der Waals surface area contributed by atoms with Crippen molar-refractivity contribution in [1.82, 2.24) is 4.98 Å². The van der Waals surface area contributed by atoms with Gasteiger partial charge in [-0.1, -0.05) is 19.1 Å². The van der Waals surface area contributed by atoms with Gasteiger partial charge in [-0.25, -0.2) is 4.39 Å². The molecule has 0 saturated carbocycles. The average Bonchev–Trinajstić information content (AvgIpc) is 2.78. The lowest BCUT2D eigenvalue weighted by Gasteiger charge is -2.34. The molecule has 2 heterocycles. The van der Waals surface area contributed by atoms with Gasteiger partial charge in [-0.3, -0.25) is 9.78 Å². The predicted molar refractivity (Wildman–Crippen MR) is 116 cm³/mol. The number of benzene rings is 2. The summed E-state index contributed by atoms with van der Waals surface area (Å²) in [6.07, 6.45) is 3.84. The SMILES string of the molecule is CCc1ccc(NC(=O)C2CCN(c3c(C#N)cnc4ccc(F)cc34)CC2)cc1. The summed E-state index contributed by atoms with van der Waals surface area (Å²) < 4.78 is 13.9. The van der Waals surface area contributed by atoms with E-state index in [-0.39, 0.29) is 17.6 Å². The van der Waals surface area contributed by atoms with Gasteiger partial charge < -0.3 is 10.2 Å². The largest absolute Gasteiger partial charge is 0.370 e. The molecule has 152 valence electrons. The number of nitrogens with one attached hydrogen (secondary N) is 1. The molecule has 1 N–H and O–H groups in total. The molecule has 1 fully saturated rings. The molecular formula is C24H23FN4O. The first-order valence-electron chi connectivity index (χ1n) is 10.2. The zero-order valence-electron chi connectivity index (χ0n) is 16.9. The molecule has 1 aliphatic rings. The summed E-state index contributed by atoms with van der Waals surface area (Å²) in [5.41, 5.74) is 3.82. The number of hydrogen-bond donors (Lipinski definition) is 1. The van der Waals surface area contributed by atoms with Crippen LogP contribution in [0.15, 0.2) is 48.7 Å². The molecule has 4 rings (SSSR count). The first-order chi connectivity index (χ1) is 14.6. The molecule has 30 heavy (non-hydrogen) atoms. The number of carbonyl (C=O) groups excluding carboxylic acids is 1. The van der Waals surface area contributed by atoms with Gasteiger partial charge >= 0.3 is 0 Å². The van der Waals surface area contributed by atoms with Crippen molar-refractivity contribution in [1.29, 1.82) is 5.26 Å². The van der Waals surface area contributed by atoms with Crippen LogP contribution in [0.4, 0.5) is 15.8 Å². The molecule has 1 aromatic heterocycles. The molecule has 0 aliphatic carbocycles. The summed E-state index contributed by atoms with van der Waals surface area (Å²) in [6, 6.07) is 14.5. The summed E-state index contributed by atoms with van der Waals surface area (Å²) in [7, 11) is 0. The van der Waals surface area contributed by atoms with E-state index in [0.29, 0.717) is 48.1 Å². The van der Waals surface area contributed by atoms with Crippen LogP contribution in [-0.2, 0) is 11.2 Å². The first-order valence-corrected chi connectivity index (χ1v) is 10.2. The lowest BCUT2D eigenvalue weighted by atomic mass is 9.94. The third-order valence-electron chi connectivity index (χ3n) is 5.73. The van der Waals surface area contributed by atoms with E-state index < -0.39 is 0 Å². The quantitative estimate of drug-likeness (QED) is 0.689. The highest BCUT2D eigenvalue weighted by atomic mass is 19.1. The Labute approximate surface area is 175 Å². The minimum absolute atomic E-state index is 0.0186. The molecule has 0 atom stereocenters. The van der Waals surface area contributed by atoms with Crippen LogP contribution in [0.5, 0.6) is 0 Å². The zero-order chi connectivity index (χ0) is 21.1. The van der Waals surface area contributed by atoms with Crippen LogP contribution in [-0.4, -0.2) is 24.0 Å². The summed E-state index contributed by atoms with van der Waals surface area (Å²) >= 11 is 0. The van der Waals surface area contributed by atoms with Gasteiger partial charge in [-0.2, -0.15) is 5.26 Å². The van der Waals surface area contributed by atoms with E-state index in [1.165, 1.54) is 23.9 Å². The highest BCUT2D eigenvalue weighted by Gasteiger charge is 2.27. The van der Waals surface area contributed by atoms with Crippen molar-refractivity contribution in [2.75, 3.05) is 23.3 Å². The van der Waals surface area contributed by atoms with Crippen LogP contribution in [0, 0.1) is 23.1 Å². The normalized spacial score (nSPS) is 14.5. The minimum Gasteiger partial charge on any atom is -0.370 e. The van der Waals surface area contributed by atoms with Crippen LogP contribution < -0.4 is 10.2 Å². The molecule has 0 unspecified atom stereocenters. The Hall–Kier alpha value is -3.46. The van der Waals surface area contributed by atoms with Crippen molar-refractivity contribution >= 4 is 28.2 Å². The van der Waals surface area contributed by atoms with E-state index in [0.717, 1.165) is 12.1 Å². The second-order valence-electron chi connectivity index (χ2n) is 7.59. The van der Waals surface area contributed by atoms with E-state index in [1.807, 2.05) is 24.3 Å². The molecule has 0 radical (unpaired) electrons. The maximum Gasteiger partial charge on any atom is 0.227 e. The van der Waals surface area contributed by atoms with E-state index >= 15 is 0 Å². The van der Waals surface area contributed by atoms with Crippen LogP contribution in [0.3, 0.4) is 0 Å². The van der Waals surface area contributed by atoms with Crippen LogP contribution >= 0.6 is 0 Å². The number of halogens is 1. The lowest BCUT2D eigenvalue weighted by molar-refractivity contribution is -0.120. The van der Waals surface area contributed by atoms with Gasteiger partial charge in [-0.05, 0) is 55.2 Å². The highest BCUT2D eigenvalue weighted by molar-refractivity contribution is 5.95. The minimum atomic E-state index is -0.357. The Morgan fingerprint density at radius 3 is 2.63 bits per heavy atom. The zero-order valence-corrected chi connectivity index (χ0v) is 16.9. The molecule has 5 nitrogen and oxygen atoms in total. The molecule has 3 aromatic rings. The predicted octanol–water partition coefficient (Wildman–Crippen LogP) is 4.66. The molecular weight excluding hydrogens is 379 g/mol. The number of fused-ring (bicyclic) bond motifs is 1.